The first kappa shape index (κ1) is 39.1. The van der Waals surface area contributed by atoms with Gasteiger partial charge >= 0.3 is 0 Å². The topological polar surface area (TPSA) is 8.17 Å². The number of anilines is 3. The standard InChI is InChI=1S/C68H44N2/c1-3-17-44(18-4-1)45-31-34-49(35-32-45)69(51-37-40-65-59(43-51)56-26-13-16-30-64(56)70(65)48-20-5-2-6-21-48)50-36-39-62-58(42-50)54-24-10-9-23-53(54)55-25-11-14-28-60(55)68(62)61-29-15-12-27-57(61)67-63(68)38-33-47-41-46-19-7-8-22-52(46)66(47)67/h1-40,42-43H,41H2. The zero-order valence-corrected chi connectivity index (χ0v) is 38.4. The maximum atomic E-state index is 2.49. The molecule has 0 radical (unpaired) electrons. The largest absolute Gasteiger partial charge is 0.310 e. The number of hydrogen-bond acceptors (Lipinski definition) is 1. The van der Waals surface area contributed by atoms with E-state index in [0.29, 0.717) is 0 Å². The minimum atomic E-state index is -0.595. The summed E-state index contributed by atoms with van der Waals surface area (Å²) in [6.07, 6.45) is 0.955. The van der Waals surface area contributed by atoms with Crippen LogP contribution in [0.4, 0.5) is 17.1 Å². The molecule has 1 spiro atoms. The average molecular weight is 889 g/mol. The maximum Gasteiger partial charge on any atom is 0.0725 e. The summed E-state index contributed by atoms with van der Waals surface area (Å²) in [5.41, 5.74) is 27.2. The summed E-state index contributed by atoms with van der Waals surface area (Å²) in [5, 5.41) is 2.44. The number of fused-ring (bicyclic) bond motifs is 19. The monoisotopic (exact) mass is 888 g/mol. The lowest BCUT2D eigenvalue weighted by Crippen LogP contribution is -2.29. The van der Waals surface area contributed by atoms with Crippen LogP contribution in [-0.2, 0) is 11.8 Å². The summed E-state index contributed by atoms with van der Waals surface area (Å²) in [6.45, 7) is 0. The van der Waals surface area contributed by atoms with Crippen LogP contribution in [-0.4, -0.2) is 4.57 Å². The molecule has 326 valence electrons. The first-order valence-corrected chi connectivity index (χ1v) is 24.5. The van der Waals surface area contributed by atoms with Crippen molar-refractivity contribution in [3.05, 3.63) is 288 Å². The first-order valence-electron chi connectivity index (χ1n) is 24.5. The van der Waals surface area contributed by atoms with E-state index in [1.807, 2.05) is 0 Å². The minimum Gasteiger partial charge on any atom is -0.310 e. The molecule has 0 bridgehead atoms. The third kappa shape index (κ3) is 5.44. The molecule has 0 aliphatic heterocycles. The second-order valence-electron chi connectivity index (χ2n) is 19.1. The van der Waals surface area contributed by atoms with Crippen LogP contribution in [0.5, 0.6) is 0 Å². The van der Waals surface area contributed by atoms with Crippen molar-refractivity contribution in [1.82, 2.24) is 4.57 Å². The van der Waals surface area contributed by atoms with Gasteiger partial charge in [-0.1, -0.05) is 194 Å². The van der Waals surface area contributed by atoms with Crippen molar-refractivity contribution in [2.24, 2.45) is 0 Å². The molecule has 1 aromatic heterocycles. The van der Waals surface area contributed by atoms with Crippen molar-refractivity contribution in [1.29, 1.82) is 0 Å². The van der Waals surface area contributed by atoms with Gasteiger partial charge in [0.05, 0.1) is 16.4 Å². The fourth-order valence-electron chi connectivity index (χ4n) is 12.8. The fourth-order valence-corrected chi connectivity index (χ4v) is 12.8. The Bertz CT molecular complexity index is 4090. The number of aromatic nitrogens is 1. The van der Waals surface area contributed by atoms with Gasteiger partial charge in [-0.25, -0.2) is 0 Å². The van der Waals surface area contributed by atoms with E-state index in [-0.39, 0.29) is 0 Å². The molecule has 0 fully saturated rings. The zero-order chi connectivity index (χ0) is 45.9. The molecule has 0 saturated heterocycles. The molecule has 1 heterocycles. The fraction of sp³-hybridized carbons (Fsp3) is 0.0294. The lowest BCUT2D eigenvalue weighted by atomic mass is 9.65. The molecule has 2 heteroatoms. The Hall–Kier alpha value is -8.98. The summed E-state index contributed by atoms with van der Waals surface area (Å²) >= 11 is 0. The molecule has 0 amide bonds. The van der Waals surface area contributed by atoms with Crippen LogP contribution in [0.3, 0.4) is 0 Å². The normalized spacial score (nSPS) is 14.6. The Morgan fingerprint density at radius 1 is 0.314 bits per heavy atom. The van der Waals surface area contributed by atoms with E-state index in [1.165, 1.54) is 111 Å². The third-order valence-electron chi connectivity index (χ3n) is 15.6. The van der Waals surface area contributed by atoms with Crippen LogP contribution in [0.25, 0.3) is 83.1 Å². The third-order valence-corrected chi connectivity index (χ3v) is 15.6. The second-order valence-corrected chi connectivity index (χ2v) is 19.1. The van der Waals surface area contributed by atoms with Crippen LogP contribution in [0, 0.1) is 0 Å². The van der Waals surface area contributed by atoms with E-state index in [4.69, 9.17) is 0 Å². The van der Waals surface area contributed by atoms with Gasteiger partial charge in [-0.15, -0.1) is 0 Å². The highest BCUT2D eigenvalue weighted by Gasteiger charge is 2.51. The van der Waals surface area contributed by atoms with Gasteiger partial charge in [-0.05, 0) is 156 Å². The van der Waals surface area contributed by atoms with Crippen LogP contribution in [0.1, 0.15) is 33.4 Å². The van der Waals surface area contributed by atoms with Gasteiger partial charge in [0.1, 0.15) is 0 Å². The van der Waals surface area contributed by atoms with Crippen molar-refractivity contribution in [2.45, 2.75) is 11.8 Å². The smallest absolute Gasteiger partial charge is 0.0725 e. The summed E-state index contributed by atoms with van der Waals surface area (Å²) < 4.78 is 2.40. The summed E-state index contributed by atoms with van der Waals surface area (Å²) in [7, 11) is 0. The van der Waals surface area contributed by atoms with E-state index in [9.17, 15) is 0 Å². The van der Waals surface area contributed by atoms with Gasteiger partial charge < -0.3 is 9.47 Å². The van der Waals surface area contributed by atoms with Crippen molar-refractivity contribution >= 4 is 38.9 Å². The van der Waals surface area contributed by atoms with E-state index < -0.39 is 5.41 Å². The molecule has 70 heavy (non-hydrogen) atoms. The molecule has 0 N–H and O–H groups in total. The molecule has 15 rings (SSSR count). The predicted molar refractivity (Wildman–Crippen MR) is 291 cm³/mol. The van der Waals surface area contributed by atoms with Gasteiger partial charge in [0, 0.05) is 33.5 Å². The molecule has 1 atom stereocenters. The number of para-hydroxylation sites is 2. The Balaban J connectivity index is 1.01. The summed E-state index contributed by atoms with van der Waals surface area (Å²) in [4.78, 5) is 2.47. The van der Waals surface area contributed by atoms with Gasteiger partial charge in [0.15, 0.2) is 0 Å². The highest BCUT2D eigenvalue weighted by atomic mass is 15.1. The van der Waals surface area contributed by atoms with Gasteiger partial charge in [0.2, 0.25) is 0 Å². The molecule has 3 aliphatic carbocycles. The Kier molecular flexibility index (Phi) is 8.38. The average Bonchev–Trinajstić information content (AvgIpc) is 4.05. The number of hydrogen-bond donors (Lipinski definition) is 0. The van der Waals surface area contributed by atoms with Crippen molar-refractivity contribution in [3.8, 4) is 61.3 Å². The molecule has 11 aromatic carbocycles. The van der Waals surface area contributed by atoms with Gasteiger partial charge in [0.25, 0.3) is 0 Å². The molecular formula is C68H44N2. The summed E-state index contributed by atoms with van der Waals surface area (Å²) in [6, 6.07) is 95.3. The molecular weight excluding hydrogens is 845 g/mol. The lowest BCUT2D eigenvalue weighted by Gasteiger charge is -2.36. The van der Waals surface area contributed by atoms with Gasteiger partial charge in [-0.2, -0.15) is 0 Å². The van der Waals surface area contributed by atoms with Crippen LogP contribution >= 0.6 is 0 Å². The summed E-state index contributed by atoms with van der Waals surface area (Å²) in [5.74, 6) is 0. The molecule has 0 saturated carbocycles. The zero-order valence-electron chi connectivity index (χ0n) is 38.4. The molecule has 3 aliphatic rings. The van der Waals surface area contributed by atoms with Crippen LogP contribution < -0.4 is 4.90 Å². The second kappa shape index (κ2) is 15.0. The molecule has 1 unspecified atom stereocenters. The van der Waals surface area contributed by atoms with E-state index in [1.54, 1.807) is 0 Å². The van der Waals surface area contributed by atoms with Gasteiger partial charge in [-0.3, -0.25) is 0 Å². The van der Waals surface area contributed by atoms with Crippen LogP contribution in [0.15, 0.2) is 255 Å². The maximum absolute atomic E-state index is 2.49. The minimum absolute atomic E-state index is 0.595. The lowest BCUT2D eigenvalue weighted by molar-refractivity contribution is 0.775. The van der Waals surface area contributed by atoms with Crippen molar-refractivity contribution in [2.75, 3.05) is 4.90 Å². The highest BCUT2D eigenvalue weighted by Crippen LogP contribution is 2.64. The van der Waals surface area contributed by atoms with Crippen molar-refractivity contribution < 1.29 is 0 Å². The first-order chi connectivity index (χ1) is 34.7. The molecule has 2 nitrogen and oxygen atoms in total. The Morgan fingerprint density at radius 3 is 1.66 bits per heavy atom. The Morgan fingerprint density at radius 2 is 0.857 bits per heavy atom. The SMILES string of the molecule is c1ccc(-c2ccc(N(c3ccc4c(c3)-c3ccccc3-c3ccccc3C43c4ccccc4-c4c3ccc3c4-c4ccccc4C3)c3ccc4c(c3)c3ccccc3n4-c3ccccc3)cc2)cc1. The van der Waals surface area contributed by atoms with E-state index >= 15 is 0 Å². The number of rotatable bonds is 5. The predicted octanol–water partition coefficient (Wildman–Crippen LogP) is 17.5. The molecule has 12 aromatic rings. The van der Waals surface area contributed by atoms with Crippen molar-refractivity contribution in [3.63, 3.8) is 0 Å². The number of nitrogens with zero attached hydrogens (tertiary/aromatic N) is 2. The van der Waals surface area contributed by atoms with E-state index in [0.717, 1.165) is 29.2 Å². The highest BCUT2D eigenvalue weighted by molar-refractivity contribution is 6.11. The quantitative estimate of drug-likeness (QED) is 0.167. The van der Waals surface area contributed by atoms with Crippen LogP contribution in [0.2, 0.25) is 0 Å². The Labute approximate surface area is 407 Å². The number of benzene rings is 11. The van der Waals surface area contributed by atoms with E-state index in [2.05, 4.69) is 264 Å².